The van der Waals surface area contributed by atoms with Crippen molar-refractivity contribution in [3.8, 4) is 11.4 Å². The van der Waals surface area contributed by atoms with Gasteiger partial charge in [-0.3, -0.25) is 4.68 Å². The first kappa shape index (κ1) is 12.5. The number of aryl methyl sites for hydroxylation is 1. The molecule has 0 aliphatic heterocycles. The minimum absolute atomic E-state index is 0.406. The minimum atomic E-state index is 0.406. The lowest BCUT2D eigenvalue weighted by Gasteiger charge is -2.07. The van der Waals surface area contributed by atoms with Gasteiger partial charge in [0.1, 0.15) is 5.82 Å². The van der Waals surface area contributed by atoms with Gasteiger partial charge in [-0.25, -0.2) is 15.8 Å². The molecule has 7 heteroatoms. The molecule has 2 aromatic heterocycles. The zero-order valence-corrected chi connectivity index (χ0v) is 10.6. The van der Waals surface area contributed by atoms with E-state index >= 15 is 0 Å². The Balaban J connectivity index is 2.49. The van der Waals surface area contributed by atoms with E-state index in [0.29, 0.717) is 18.2 Å². The second kappa shape index (κ2) is 5.11. The number of nitrogens with two attached hydrogens (primary N) is 1. The molecule has 0 unspecified atom stereocenters. The summed E-state index contributed by atoms with van der Waals surface area (Å²) < 4.78 is 6.85. The Kier molecular flexibility index (Phi) is 3.54. The summed E-state index contributed by atoms with van der Waals surface area (Å²) in [6.45, 7) is 2.37. The lowest BCUT2D eigenvalue weighted by atomic mass is 10.2. The highest BCUT2D eigenvalue weighted by Crippen LogP contribution is 2.20. The van der Waals surface area contributed by atoms with Crippen LogP contribution in [0.2, 0.25) is 0 Å². The van der Waals surface area contributed by atoms with Gasteiger partial charge >= 0.3 is 0 Å². The normalized spacial score (nSPS) is 10.7. The molecule has 2 aromatic rings. The molecule has 96 valence electrons. The van der Waals surface area contributed by atoms with E-state index in [0.717, 1.165) is 17.0 Å². The van der Waals surface area contributed by atoms with Gasteiger partial charge in [-0.2, -0.15) is 5.10 Å². The van der Waals surface area contributed by atoms with Gasteiger partial charge in [-0.1, -0.05) is 0 Å². The van der Waals surface area contributed by atoms with Crippen LogP contribution in [0.3, 0.4) is 0 Å². The van der Waals surface area contributed by atoms with Crippen LogP contribution in [0.1, 0.15) is 11.4 Å². The van der Waals surface area contributed by atoms with Gasteiger partial charge in [0.25, 0.3) is 0 Å². The summed E-state index contributed by atoms with van der Waals surface area (Å²) in [7, 11) is 3.49. The van der Waals surface area contributed by atoms with Crippen molar-refractivity contribution in [3.05, 3.63) is 23.7 Å². The van der Waals surface area contributed by atoms with Gasteiger partial charge in [0, 0.05) is 25.9 Å². The highest BCUT2D eigenvalue weighted by Gasteiger charge is 2.11. The number of methoxy groups -OCH3 is 1. The number of nitrogens with one attached hydrogen (secondary N) is 1. The van der Waals surface area contributed by atoms with Crippen molar-refractivity contribution in [2.45, 2.75) is 13.5 Å². The summed E-state index contributed by atoms with van der Waals surface area (Å²) in [5.41, 5.74) is 5.17. The van der Waals surface area contributed by atoms with Gasteiger partial charge < -0.3 is 10.2 Å². The third kappa shape index (κ3) is 2.31. The standard InChI is InChI=1S/C11H16N6O/c1-7-9(5-13-17(7)2)11-14-8(6-18-3)4-10(15-11)16-12/h4-5H,6,12H2,1-3H3,(H,14,15,16). The van der Waals surface area contributed by atoms with E-state index in [1.165, 1.54) is 0 Å². The van der Waals surface area contributed by atoms with E-state index in [2.05, 4.69) is 20.5 Å². The smallest absolute Gasteiger partial charge is 0.165 e. The molecule has 3 N–H and O–H groups in total. The Morgan fingerprint density at radius 2 is 2.22 bits per heavy atom. The van der Waals surface area contributed by atoms with Crippen molar-refractivity contribution >= 4 is 5.82 Å². The number of nitrogens with zero attached hydrogens (tertiary/aromatic N) is 4. The summed E-state index contributed by atoms with van der Waals surface area (Å²) in [6.07, 6.45) is 1.74. The number of aromatic nitrogens is 4. The highest BCUT2D eigenvalue weighted by molar-refractivity contribution is 5.59. The molecule has 0 aromatic carbocycles. The predicted molar refractivity (Wildman–Crippen MR) is 67.5 cm³/mol. The topological polar surface area (TPSA) is 90.9 Å². The molecule has 7 nitrogen and oxygen atoms in total. The monoisotopic (exact) mass is 248 g/mol. The van der Waals surface area contributed by atoms with E-state index in [-0.39, 0.29) is 0 Å². The lowest BCUT2D eigenvalue weighted by Crippen LogP contribution is -2.11. The van der Waals surface area contributed by atoms with Gasteiger partial charge in [0.05, 0.1) is 24.1 Å². The molecule has 0 bridgehead atoms. The fourth-order valence-electron chi connectivity index (χ4n) is 1.63. The first-order valence-electron chi connectivity index (χ1n) is 5.48. The van der Waals surface area contributed by atoms with E-state index in [9.17, 15) is 0 Å². The van der Waals surface area contributed by atoms with Crippen LogP contribution < -0.4 is 11.3 Å². The maximum Gasteiger partial charge on any atom is 0.165 e. The molecule has 0 amide bonds. The Morgan fingerprint density at radius 3 is 2.78 bits per heavy atom. The Bertz CT molecular complexity index is 550. The Hall–Kier alpha value is -1.99. The van der Waals surface area contributed by atoms with Crippen molar-refractivity contribution in [2.75, 3.05) is 12.5 Å². The predicted octanol–water partition coefficient (Wildman–Crippen LogP) is 0.618. The quantitative estimate of drug-likeness (QED) is 0.608. The second-order valence-electron chi connectivity index (χ2n) is 3.91. The number of hydrazine groups is 1. The highest BCUT2D eigenvalue weighted by atomic mass is 16.5. The molecular weight excluding hydrogens is 232 g/mol. The third-order valence-electron chi connectivity index (χ3n) is 2.70. The molecule has 0 aliphatic carbocycles. The summed E-state index contributed by atoms with van der Waals surface area (Å²) in [5, 5.41) is 4.18. The summed E-state index contributed by atoms with van der Waals surface area (Å²) in [6, 6.07) is 1.75. The first-order valence-corrected chi connectivity index (χ1v) is 5.48. The molecule has 2 rings (SSSR count). The van der Waals surface area contributed by atoms with E-state index in [4.69, 9.17) is 10.6 Å². The molecule has 0 fully saturated rings. The molecule has 0 spiro atoms. The largest absolute Gasteiger partial charge is 0.378 e. The Morgan fingerprint density at radius 1 is 1.44 bits per heavy atom. The summed E-state index contributed by atoms with van der Waals surface area (Å²) in [4.78, 5) is 8.75. The third-order valence-corrected chi connectivity index (χ3v) is 2.70. The number of hydrogen-bond donors (Lipinski definition) is 2. The van der Waals surface area contributed by atoms with Crippen molar-refractivity contribution in [1.29, 1.82) is 0 Å². The summed E-state index contributed by atoms with van der Waals surface area (Å²) >= 11 is 0. The van der Waals surface area contributed by atoms with Gasteiger partial charge in [-0.15, -0.1) is 0 Å². The van der Waals surface area contributed by atoms with Crippen LogP contribution in [0, 0.1) is 6.92 Å². The fraction of sp³-hybridized carbons (Fsp3) is 0.364. The molecule has 0 radical (unpaired) electrons. The van der Waals surface area contributed by atoms with Crippen molar-refractivity contribution in [1.82, 2.24) is 19.7 Å². The molecule has 18 heavy (non-hydrogen) atoms. The molecule has 0 aliphatic rings. The van der Waals surface area contributed by atoms with Crippen LogP contribution in [-0.2, 0) is 18.4 Å². The van der Waals surface area contributed by atoms with Crippen molar-refractivity contribution in [3.63, 3.8) is 0 Å². The number of anilines is 1. The van der Waals surface area contributed by atoms with Crippen LogP contribution in [0.25, 0.3) is 11.4 Å². The van der Waals surface area contributed by atoms with Crippen LogP contribution in [0.4, 0.5) is 5.82 Å². The van der Waals surface area contributed by atoms with Crippen molar-refractivity contribution < 1.29 is 4.74 Å². The van der Waals surface area contributed by atoms with Gasteiger partial charge in [0.15, 0.2) is 5.82 Å². The zero-order valence-electron chi connectivity index (χ0n) is 10.6. The van der Waals surface area contributed by atoms with E-state index < -0.39 is 0 Å². The average molecular weight is 248 g/mol. The van der Waals surface area contributed by atoms with Gasteiger partial charge in [0.2, 0.25) is 0 Å². The maximum atomic E-state index is 5.40. The van der Waals surface area contributed by atoms with Crippen LogP contribution in [-0.4, -0.2) is 26.9 Å². The molecule has 0 saturated heterocycles. The molecule has 0 saturated carbocycles. The number of rotatable bonds is 4. The van der Waals surface area contributed by atoms with Crippen molar-refractivity contribution in [2.24, 2.45) is 12.9 Å². The second-order valence-corrected chi connectivity index (χ2v) is 3.91. The minimum Gasteiger partial charge on any atom is -0.378 e. The number of nitrogen functional groups attached to an aromatic ring is 1. The fourth-order valence-corrected chi connectivity index (χ4v) is 1.63. The maximum absolute atomic E-state index is 5.40. The van der Waals surface area contributed by atoms with Crippen LogP contribution in [0.5, 0.6) is 0 Å². The molecular formula is C11H16N6O. The summed E-state index contributed by atoms with van der Waals surface area (Å²) in [5.74, 6) is 6.54. The zero-order chi connectivity index (χ0) is 13.1. The number of ether oxygens (including phenoxy) is 1. The SMILES string of the molecule is COCc1cc(NN)nc(-c2cnn(C)c2C)n1. The molecule has 0 atom stereocenters. The van der Waals surface area contributed by atoms with E-state index in [1.807, 2.05) is 14.0 Å². The van der Waals surface area contributed by atoms with Gasteiger partial charge in [-0.05, 0) is 6.92 Å². The number of hydrogen-bond acceptors (Lipinski definition) is 6. The lowest BCUT2D eigenvalue weighted by molar-refractivity contribution is 0.181. The van der Waals surface area contributed by atoms with E-state index in [1.54, 1.807) is 24.1 Å². The Labute approximate surface area is 105 Å². The van der Waals surface area contributed by atoms with Crippen LogP contribution >= 0.6 is 0 Å². The molecule has 2 heterocycles. The first-order chi connectivity index (χ1) is 8.65. The van der Waals surface area contributed by atoms with Crippen LogP contribution in [0.15, 0.2) is 12.3 Å². The average Bonchev–Trinajstić information content (AvgIpc) is 2.70.